The number of benzene rings is 1. The molecule has 6 nitrogen and oxygen atoms in total. The van der Waals surface area contributed by atoms with Crippen molar-refractivity contribution in [2.24, 2.45) is 0 Å². The van der Waals surface area contributed by atoms with Crippen LogP contribution >= 0.6 is 23.1 Å². The third-order valence-electron chi connectivity index (χ3n) is 4.08. The van der Waals surface area contributed by atoms with Crippen LogP contribution in [0.2, 0.25) is 0 Å². The molecule has 144 valence electrons. The van der Waals surface area contributed by atoms with Crippen LogP contribution in [0.5, 0.6) is 0 Å². The lowest BCUT2D eigenvalue weighted by atomic mass is 9.93. The molecule has 2 heterocycles. The van der Waals surface area contributed by atoms with Crippen LogP contribution in [0.1, 0.15) is 35.0 Å². The number of hydrogen-bond donors (Lipinski definition) is 0. The van der Waals surface area contributed by atoms with Gasteiger partial charge in [-0.2, -0.15) is 0 Å². The van der Waals surface area contributed by atoms with E-state index >= 15 is 0 Å². The van der Waals surface area contributed by atoms with Crippen LogP contribution in [0.3, 0.4) is 0 Å². The summed E-state index contributed by atoms with van der Waals surface area (Å²) < 4.78 is 5.09. The summed E-state index contributed by atoms with van der Waals surface area (Å²) in [7, 11) is 1.25. The molecule has 28 heavy (non-hydrogen) atoms. The van der Waals surface area contributed by atoms with Gasteiger partial charge in [-0.25, -0.2) is 4.79 Å². The Bertz CT molecular complexity index is 1030. The van der Waals surface area contributed by atoms with Crippen LogP contribution in [0.15, 0.2) is 57.9 Å². The average Bonchev–Trinajstić information content (AvgIpc) is 3.11. The predicted molar refractivity (Wildman–Crippen MR) is 110 cm³/mol. The number of nitrogens with zero attached hydrogens (tertiary/aromatic N) is 2. The molecule has 3 rings (SSSR count). The zero-order chi connectivity index (χ0) is 20.3. The molecule has 0 aliphatic rings. The van der Waals surface area contributed by atoms with Crippen molar-refractivity contribution >= 4 is 34.8 Å². The van der Waals surface area contributed by atoms with Gasteiger partial charge in [-0.1, -0.05) is 49.9 Å². The van der Waals surface area contributed by atoms with E-state index in [0.717, 1.165) is 27.4 Å². The molecule has 0 spiro atoms. The van der Waals surface area contributed by atoms with Crippen LogP contribution < -0.4 is 0 Å². The summed E-state index contributed by atoms with van der Waals surface area (Å²) in [5, 5.41) is 11.4. The van der Waals surface area contributed by atoms with E-state index in [1.54, 1.807) is 12.4 Å². The Hall–Kier alpha value is -2.71. The number of ether oxygens (including phenoxy) is 1. The van der Waals surface area contributed by atoms with Gasteiger partial charge < -0.3 is 4.74 Å². The highest BCUT2D eigenvalue weighted by Crippen LogP contribution is 2.42. The van der Waals surface area contributed by atoms with E-state index in [1.165, 1.54) is 30.5 Å². The number of carbonyl (C=O) groups excluding carboxylic acids is 1. The maximum Gasteiger partial charge on any atom is 0.348 e. The molecule has 0 aliphatic heterocycles. The van der Waals surface area contributed by atoms with Crippen molar-refractivity contribution in [3.63, 3.8) is 0 Å². The Morgan fingerprint density at radius 1 is 1.25 bits per heavy atom. The fourth-order valence-electron chi connectivity index (χ4n) is 2.76. The van der Waals surface area contributed by atoms with Gasteiger partial charge in [-0.3, -0.25) is 15.1 Å². The number of rotatable bonds is 6. The first-order chi connectivity index (χ1) is 13.4. The summed E-state index contributed by atoms with van der Waals surface area (Å²) >= 11 is 2.26. The minimum absolute atomic E-state index is 0.108. The van der Waals surface area contributed by atoms with Gasteiger partial charge in [0.2, 0.25) is 0 Å². The van der Waals surface area contributed by atoms with E-state index < -0.39 is 10.9 Å². The largest absolute Gasteiger partial charge is 0.465 e. The molecular weight excluding hydrogens is 396 g/mol. The van der Waals surface area contributed by atoms with E-state index in [9.17, 15) is 14.9 Å². The zero-order valence-electron chi connectivity index (χ0n) is 15.5. The summed E-state index contributed by atoms with van der Waals surface area (Å²) in [6.07, 6.45) is 3.45. The smallest absolute Gasteiger partial charge is 0.348 e. The van der Waals surface area contributed by atoms with E-state index in [1.807, 2.05) is 24.3 Å². The Balaban J connectivity index is 1.98. The summed E-state index contributed by atoms with van der Waals surface area (Å²) in [5.41, 5.74) is 3.13. The van der Waals surface area contributed by atoms with E-state index in [0.29, 0.717) is 10.1 Å². The monoisotopic (exact) mass is 414 g/mol. The molecule has 0 amide bonds. The summed E-state index contributed by atoms with van der Waals surface area (Å²) in [6.45, 7) is 4.27. The second kappa shape index (κ2) is 8.53. The van der Waals surface area contributed by atoms with E-state index in [2.05, 4.69) is 29.6 Å². The van der Waals surface area contributed by atoms with Gasteiger partial charge in [0.05, 0.1) is 12.0 Å². The number of hydrogen-bond acceptors (Lipinski definition) is 7. The third kappa shape index (κ3) is 4.23. The lowest BCUT2D eigenvalue weighted by molar-refractivity contribution is -0.387. The fraction of sp³-hybridized carbons (Fsp3) is 0.200. The van der Waals surface area contributed by atoms with Gasteiger partial charge in [0.25, 0.3) is 5.69 Å². The first-order valence-electron chi connectivity index (χ1n) is 8.49. The van der Waals surface area contributed by atoms with E-state index in [4.69, 9.17) is 0 Å². The Morgan fingerprint density at radius 2 is 2.00 bits per heavy atom. The fourth-order valence-corrected chi connectivity index (χ4v) is 5.01. The molecule has 0 fully saturated rings. The third-order valence-corrected chi connectivity index (χ3v) is 6.33. The average molecular weight is 415 g/mol. The first-order valence-corrected chi connectivity index (χ1v) is 10.1. The SMILES string of the molecule is COC(=O)c1cc([N+](=O)[O-])c(Sc2cncc(-c3ccccc3C(C)C)c2)s1. The Labute approximate surface area is 170 Å². The van der Waals surface area contributed by atoms with Gasteiger partial charge in [0.1, 0.15) is 9.09 Å². The van der Waals surface area contributed by atoms with Crippen LogP contribution in [0.4, 0.5) is 5.69 Å². The van der Waals surface area contributed by atoms with Crippen molar-refractivity contribution in [1.82, 2.24) is 4.98 Å². The normalized spacial score (nSPS) is 10.9. The Kier molecular flexibility index (Phi) is 6.11. The lowest BCUT2D eigenvalue weighted by Crippen LogP contribution is -1.97. The highest BCUT2D eigenvalue weighted by molar-refractivity contribution is 8.01. The minimum atomic E-state index is -0.585. The second-order valence-corrected chi connectivity index (χ2v) is 8.68. The van der Waals surface area contributed by atoms with Crippen molar-refractivity contribution in [3.05, 3.63) is 69.3 Å². The standard InChI is InChI=1S/C20H18N2O4S2/c1-12(2)15-6-4-5-7-16(15)13-8-14(11-21-10-13)27-20-17(22(24)25)9-18(28-20)19(23)26-3/h4-12H,1-3H3. The predicted octanol–water partition coefficient (Wildman–Crippen LogP) is 5.78. The molecule has 0 atom stereocenters. The molecule has 0 N–H and O–H groups in total. The quantitative estimate of drug-likeness (QED) is 0.289. The maximum atomic E-state index is 11.7. The molecule has 0 unspecified atom stereocenters. The number of aromatic nitrogens is 1. The zero-order valence-corrected chi connectivity index (χ0v) is 17.2. The van der Waals surface area contributed by atoms with Crippen molar-refractivity contribution in [2.75, 3.05) is 7.11 Å². The van der Waals surface area contributed by atoms with Crippen molar-refractivity contribution in [2.45, 2.75) is 28.9 Å². The molecule has 3 aromatic rings. The van der Waals surface area contributed by atoms with Gasteiger partial charge in [0.15, 0.2) is 0 Å². The van der Waals surface area contributed by atoms with Crippen LogP contribution in [0, 0.1) is 10.1 Å². The highest BCUT2D eigenvalue weighted by atomic mass is 32.2. The van der Waals surface area contributed by atoms with Gasteiger partial charge in [-0.05, 0) is 23.1 Å². The molecule has 1 aromatic carbocycles. The molecule has 2 aromatic heterocycles. The number of methoxy groups -OCH3 is 1. The molecule has 0 bridgehead atoms. The van der Waals surface area contributed by atoms with Crippen LogP contribution in [0.25, 0.3) is 11.1 Å². The van der Waals surface area contributed by atoms with Gasteiger partial charge >= 0.3 is 5.97 Å². The molecule has 8 heteroatoms. The summed E-state index contributed by atoms with van der Waals surface area (Å²) in [6, 6.07) is 11.3. The molecular formula is C20H18N2O4S2. The number of nitro groups is 1. The van der Waals surface area contributed by atoms with Gasteiger partial charge in [0, 0.05) is 28.9 Å². The van der Waals surface area contributed by atoms with Crippen molar-refractivity contribution in [1.29, 1.82) is 0 Å². The van der Waals surface area contributed by atoms with Crippen molar-refractivity contribution in [3.8, 4) is 11.1 Å². The summed E-state index contributed by atoms with van der Waals surface area (Å²) in [4.78, 5) is 27.9. The number of thiophene rings is 1. The molecule has 0 radical (unpaired) electrons. The summed E-state index contributed by atoms with van der Waals surface area (Å²) in [5.74, 6) is -0.230. The van der Waals surface area contributed by atoms with Crippen LogP contribution in [-0.2, 0) is 4.74 Å². The lowest BCUT2D eigenvalue weighted by Gasteiger charge is -2.13. The van der Waals surface area contributed by atoms with Gasteiger partial charge in [-0.15, -0.1) is 11.3 Å². The molecule has 0 saturated carbocycles. The number of carbonyl (C=O) groups is 1. The molecule has 0 aliphatic carbocycles. The first kappa shape index (κ1) is 20.0. The number of pyridine rings is 1. The number of esters is 1. The van der Waals surface area contributed by atoms with Crippen LogP contribution in [-0.4, -0.2) is 23.0 Å². The molecule has 0 saturated heterocycles. The second-order valence-electron chi connectivity index (χ2n) is 6.29. The highest BCUT2D eigenvalue weighted by Gasteiger charge is 2.24. The maximum absolute atomic E-state index is 11.7. The van der Waals surface area contributed by atoms with Crippen molar-refractivity contribution < 1.29 is 14.5 Å². The topological polar surface area (TPSA) is 82.3 Å². The minimum Gasteiger partial charge on any atom is -0.465 e. The van der Waals surface area contributed by atoms with E-state index in [-0.39, 0.29) is 10.6 Å². The Morgan fingerprint density at radius 3 is 2.68 bits per heavy atom.